The van der Waals surface area contributed by atoms with Crippen molar-refractivity contribution in [3.05, 3.63) is 66.0 Å². The van der Waals surface area contributed by atoms with Crippen molar-refractivity contribution >= 4 is 16.8 Å². The van der Waals surface area contributed by atoms with E-state index in [2.05, 4.69) is 22.2 Å². The number of hydrogen-bond donors (Lipinski definition) is 1. The number of halogens is 1. The Balaban J connectivity index is 1.70. The van der Waals surface area contributed by atoms with Crippen molar-refractivity contribution < 1.29 is 9.18 Å². The molecule has 1 fully saturated rings. The fraction of sp³-hybridized carbons (Fsp3) is 0.273. The summed E-state index contributed by atoms with van der Waals surface area (Å²) in [5, 5.41) is 4.01. The molecule has 5 heteroatoms. The summed E-state index contributed by atoms with van der Waals surface area (Å²) < 4.78 is 13.3. The number of nitrogens with zero attached hydrogens (tertiary/aromatic N) is 2. The van der Waals surface area contributed by atoms with Crippen LogP contribution in [0.25, 0.3) is 22.2 Å². The Morgan fingerprint density at radius 2 is 1.81 bits per heavy atom. The third-order valence-corrected chi connectivity index (χ3v) is 5.15. The summed E-state index contributed by atoms with van der Waals surface area (Å²) in [7, 11) is 2.10. The van der Waals surface area contributed by atoms with Crippen molar-refractivity contribution in [3.8, 4) is 11.3 Å². The number of nitrogens with one attached hydrogen (secondary N) is 1. The van der Waals surface area contributed by atoms with Crippen molar-refractivity contribution in [2.24, 2.45) is 0 Å². The highest BCUT2D eigenvalue weighted by molar-refractivity contribution is 6.07. The monoisotopic (exact) mass is 363 g/mol. The van der Waals surface area contributed by atoms with Crippen molar-refractivity contribution in [2.75, 3.05) is 20.1 Å². The minimum absolute atomic E-state index is 0.0773. The van der Waals surface area contributed by atoms with Crippen molar-refractivity contribution in [2.45, 2.75) is 18.9 Å². The van der Waals surface area contributed by atoms with E-state index in [4.69, 9.17) is 0 Å². The van der Waals surface area contributed by atoms with Gasteiger partial charge in [-0.15, -0.1) is 0 Å². The summed E-state index contributed by atoms with van der Waals surface area (Å²) in [4.78, 5) is 20.0. The molecule has 1 N–H and O–H groups in total. The average Bonchev–Trinajstić information content (AvgIpc) is 2.69. The standard InChI is InChI=1S/C22H22FN3O/c1-26-12-10-17(11-13-26)24-22(27)19-14-21(15-6-8-16(23)9-7-15)25-20-5-3-2-4-18(19)20/h2-9,14,17H,10-13H2,1H3,(H,24,27). The van der Waals surface area contributed by atoms with E-state index in [1.807, 2.05) is 24.3 Å². The van der Waals surface area contributed by atoms with Gasteiger partial charge in [0.15, 0.2) is 0 Å². The molecule has 138 valence electrons. The van der Waals surface area contributed by atoms with Gasteiger partial charge >= 0.3 is 0 Å². The van der Waals surface area contributed by atoms with Crippen LogP contribution in [-0.4, -0.2) is 42.0 Å². The predicted octanol–water partition coefficient (Wildman–Crippen LogP) is 3.86. The Kier molecular flexibility index (Phi) is 4.86. The molecule has 0 bridgehead atoms. The van der Waals surface area contributed by atoms with Crippen LogP contribution in [0.1, 0.15) is 23.2 Å². The van der Waals surface area contributed by atoms with Gasteiger partial charge in [-0.1, -0.05) is 18.2 Å². The summed E-state index contributed by atoms with van der Waals surface area (Å²) in [6, 6.07) is 15.8. The third kappa shape index (κ3) is 3.83. The van der Waals surface area contributed by atoms with Crippen LogP contribution in [0.3, 0.4) is 0 Å². The molecule has 0 spiro atoms. The van der Waals surface area contributed by atoms with Crippen molar-refractivity contribution in [3.63, 3.8) is 0 Å². The lowest BCUT2D eigenvalue weighted by Gasteiger charge is -2.29. The van der Waals surface area contributed by atoms with Gasteiger partial charge in [-0.05, 0) is 69.4 Å². The first kappa shape index (κ1) is 17.6. The van der Waals surface area contributed by atoms with Crippen LogP contribution in [0.5, 0.6) is 0 Å². The van der Waals surface area contributed by atoms with E-state index in [1.54, 1.807) is 18.2 Å². The molecule has 4 rings (SSSR count). The Hall–Kier alpha value is -2.79. The fourth-order valence-corrected chi connectivity index (χ4v) is 3.55. The van der Waals surface area contributed by atoms with Crippen molar-refractivity contribution in [1.29, 1.82) is 0 Å². The van der Waals surface area contributed by atoms with E-state index in [9.17, 15) is 9.18 Å². The van der Waals surface area contributed by atoms with Gasteiger partial charge in [-0.2, -0.15) is 0 Å². The number of piperidine rings is 1. The Morgan fingerprint density at radius 1 is 1.11 bits per heavy atom. The maximum absolute atomic E-state index is 13.3. The van der Waals surface area contributed by atoms with Crippen LogP contribution >= 0.6 is 0 Å². The van der Waals surface area contributed by atoms with E-state index < -0.39 is 0 Å². The van der Waals surface area contributed by atoms with Crippen LogP contribution in [0.2, 0.25) is 0 Å². The lowest BCUT2D eigenvalue weighted by atomic mass is 10.0. The summed E-state index contributed by atoms with van der Waals surface area (Å²) in [6.45, 7) is 1.98. The second kappa shape index (κ2) is 7.45. The largest absolute Gasteiger partial charge is 0.349 e. The van der Waals surface area contributed by atoms with Gasteiger partial charge in [-0.3, -0.25) is 4.79 Å². The van der Waals surface area contributed by atoms with Gasteiger partial charge in [0.05, 0.1) is 16.8 Å². The Bertz CT molecular complexity index is 963. The van der Waals surface area contributed by atoms with Crippen LogP contribution in [-0.2, 0) is 0 Å². The number of benzene rings is 2. The second-order valence-electron chi connectivity index (χ2n) is 7.13. The molecule has 27 heavy (non-hydrogen) atoms. The zero-order chi connectivity index (χ0) is 18.8. The van der Waals surface area contributed by atoms with Crippen LogP contribution < -0.4 is 5.32 Å². The number of amides is 1. The number of para-hydroxylation sites is 1. The van der Waals surface area contributed by atoms with Crippen LogP contribution in [0.15, 0.2) is 54.6 Å². The number of carbonyl (C=O) groups excluding carboxylic acids is 1. The van der Waals surface area contributed by atoms with Crippen LogP contribution in [0, 0.1) is 5.82 Å². The smallest absolute Gasteiger partial charge is 0.252 e. The summed E-state index contributed by atoms with van der Waals surface area (Å²) >= 11 is 0. The van der Waals surface area contributed by atoms with Crippen LogP contribution in [0.4, 0.5) is 4.39 Å². The number of fused-ring (bicyclic) bond motifs is 1. The number of pyridine rings is 1. The van der Waals surface area contributed by atoms with E-state index in [0.29, 0.717) is 11.3 Å². The minimum atomic E-state index is -0.292. The fourth-order valence-electron chi connectivity index (χ4n) is 3.55. The second-order valence-corrected chi connectivity index (χ2v) is 7.13. The minimum Gasteiger partial charge on any atom is -0.349 e. The van der Waals surface area contributed by atoms with E-state index in [-0.39, 0.29) is 17.8 Å². The lowest BCUT2D eigenvalue weighted by Crippen LogP contribution is -2.43. The first-order chi connectivity index (χ1) is 13.1. The molecular weight excluding hydrogens is 341 g/mol. The first-order valence-corrected chi connectivity index (χ1v) is 9.25. The molecule has 0 atom stereocenters. The molecule has 3 aromatic rings. The van der Waals surface area contributed by atoms with Gasteiger partial charge in [-0.25, -0.2) is 9.37 Å². The maximum atomic E-state index is 13.3. The van der Waals surface area contributed by atoms with Gasteiger partial charge in [0, 0.05) is 17.0 Å². The zero-order valence-electron chi connectivity index (χ0n) is 15.3. The molecule has 2 heterocycles. The molecule has 0 unspecified atom stereocenters. The molecule has 1 aliphatic rings. The molecule has 0 aliphatic carbocycles. The number of likely N-dealkylation sites (tertiary alicyclic amines) is 1. The molecule has 1 aliphatic heterocycles. The van der Waals surface area contributed by atoms with Gasteiger partial charge in [0.1, 0.15) is 5.82 Å². The molecule has 2 aromatic carbocycles. The lowest BCUT2D eigenvalue weighted by molar-refractivity contribution is 0.0918. The molecule has 4 nitrogen and oxygen atoms in total. The topological polar surface area (TPSA) is 45.2 Å². The third-order valence-electron chi connectivity index (χ3n) is 5.15. The first-order valence-electron chi connectivity index (χ1n) is 9.25. The normalized spacial score (nSPS) is 15.8. The molecular formula is C22H22FN3O. The summed E-state index contributed by atoms with van der Waals surface area (Å²) in [6.07, 6.45) is 1.91. The maximum Gasteiger partial charge on any atom is 0.252 e. The van der Waals surface area contributed by atoms with E-state index >= 15 is 0 Å². The van der Waals surface area contributed by atoms with E-state index in [0.717, 1.165) is 42.4 Å². The zero-order valence-corrected chi connectivity index (χ0v) is 15.3. The van der Waals surface area contributed by atoms with Crippen molar-refractivity contribution in [1.82, 2.24) is 15.2 Å². The highest BCUT2D eigenvalue weighted by Gasteiger charge is 2.21. The quantitative estimate of drug-likeness (QED) is 0.768. The van der Waals surface area contributed by atoms with Gasteiger partial charge in [0.25, 0.3) is 5.91 Å². The number of rotatable bonds is 3. The Labute approximate surface area is 158 Å². The van der Waals surface area contributed by atoms with E-state index in [1.165, 1.54) is 12.1 Å². The Morgan fingerprint density at radius 3 is 2.56 bits per heavy atom. The average molecular weight is 363 g/mol. The molecule has 1 saturated heterocycles. The highest BCUT2D eigenvalue weighted by Crippen LogP contribution is 2.25. The molecule has 1 aromatic heterocycles. The van der Waals surface area contributed by atoms with Gasteiger partial charge in [0.2, 0.25) is 0 Å². The number of carbonyl (C=O) groups is 1. The number of aromatic nitrogens is 1. The summed E-state index contributed by atoms with van der Waals surface area (Å²) in [5.74, 6) is -0.369. The summed E-state index contributed by atoms with van der Waals surface area (Å²) in [5.41, 5.74) is 2.82. The molecule has 0 radical (unpaired) electrons. The number of hydrogen-bond acceptors (Lipinski definition) is 3. The predicted molar refractivity (Wildman–Crippen MR) is 105 cm³/mol. The molecule has 1 amide bonds. The van der Waals surface area contributed by atoms with Gasteiger partial charge < -0.3 is 10.2 Å². The molecule has 0 saturated carbocycles. The highest BCUT2D eigenvalue weighted by atomic mass is 19.1. The SMILES string of the molecule is CN1CCC(NC(=O)c2cc(-c3ccc(F)cc3)nc3ccccc23)CC1.